The molecular weight excluding hydrogens is 182 g/mol. The highest BCUT2D eigenvalue weighted by molar-refractivity contribution is 5.84. The second kappa shape index (κ2) is 6.40. The van der Waals surface area contributed by atoms with Crippen LogP contribution in [0.1, 0.15) is 40.0 Å². The van der Waals surface area contributed by atoms with Gasteiger partial charge in [-0.15, -0.1) is 0 Å². The summed E-state index contributed by atoms with van der Waals surface area (Å²) in [6.07, 6.45) is 2.86. The van der Waals surface area contributed by atoms with Crippen molar-refractivity contribution >= 4 is 11.9 Å². The quantitative estimate of drug-likeness (QED) is 0.682. The average Bonchev–Trinajstić information content (AvgIpc) is 2.13. The van der Waals surface area contributed by atoms with Gasteiger partial charge in [-0.2, -0.15) is 0 Å². The molecule has 82 valence electrons. The summed E-state index contributed by atoms with van der Waals surface area (Å²) in [5, 5.41) is 11.0. The monoisotopic (exact) mass is 201 g/mol. The van der Waals surface area contributed by atoms with Crippen molar-refractivity contribution in [2.75, 3.05) is 0 Å². The number of rotatable bonds is 6. The minimum atomic E-state index is -0.999. The predicted molar refractivity (Wildman–Crippen MR) is 53.9 cm³/mol. The van der Waals surface area contributed by atoms with Gasteiger partial charge in [-0.05, 0) is 13.3 Å². The van der Waals surface area contributed by atoms with E-state index in [-0.39, 0.29) is 11.8 Å². The van der Waals surface area contributed by atoms with Gasteiger partial charge in [0.05, 0.1) is 0 Å². The molecule has 0 saturated heterocycles. The van der Waals surface area contributed by atoms with Crippen molar-refractivity contribution < 1.29 is 14.7 Å². The molecule has 0 aliphatic rings. The van der Waals surface area contributed by atoms with Crippen LogP contribution in [0, 0.1) is 5.92 Å². The van der Waals surface area contributed by atoms with Crippen LogP contribution in [0.15, 0.2) is 0 Å². The summed E-state index contributed by atoms with van der Waals surface area (Å²) >= 11 is 0. The zero-order chi connectivity index (χ0) is 11.1. The van der Waals surface area contributed by atoms with Gasteiger partial charge in [0.25, 0.3) is 0 Å². The molecule has 2 atom stereocenters. The summed E-state index contributed by atoms with van der Waals surface area (Å²) in [5.41, 5.74) is 0. The second-order valence-electron chi connectivity index (χ2n) is 3.61. The Kier molecular flexibility index (Phi) is 5.92. The maximum atomic E-state index is 11.4. The first-order valence-electron chi connectivity index (χ1n) is 5.02. The Labute approximate surface area is 84.7 Å². The lowest BCUT2D eigenvalue weighted by molar-refractivity contribution is -0.141. The summed E-state index contributed by atoms with van der Waals surface area (Å²) in [7, 11) is 0. The third kappa shape index (κ3) is 4.84. The van der Waals surface area contributed by atoms with Gasteiger partial charge in [0.2, 0.25) is 5.91 Å². The molecule has 1 unspecified atom stereocenters. The number of aliphatic carboxylic acids is 1. The summed E-state index contributed by atoms with van der Waals surface area (Å²) in [6, 6.07) is -0.799. The number of hydrogen-bond acceptors (Lipinski definition) is 2. The van der Waals surface area contributed by atoms with Crippen LogP contribution in [0.25, 0.3) is 0 Å². The number of nitrogens with one attached hydrogen (secondary N) is 1. The molecule has 1 amide bonds. The Balaban J connectivity index is 3.88. The van der Waals surface area contributed by atoms with Crippen LogP contribution in [-0.4, -0.2) is 23.0 Å². The van der Waals surface area contributed by atoms with Gasteiger partial charge in [-0.1, -0.05) is 26.7 Å². The Morgan fingerprint density at radius 2 is 1.93 bits per heavy atom. The van der Waals surface area contributed by atoms with Crippen LogP contribution < -0.4 is 5.32 Å². The molecule has 0 spiro atoms. The maximum absolute atomic E-state index is 11.4. The molecule has 4 heteroatoms. The number of unbranched alkanes of at least 4 members (excludes halogenated alkanes) is 1. The van der Waals surface area contributed by atoms with Crippen molar-refractivity contribution in [3.63, 3.8) is 0 Å². The van der Waals surface area contributed by atoms with Gasteiger partial charge in [0.15, 0.2) is 0 Å². The number of carboxylic acids is 1. The predicted octanol–water partition coefficient (Wildman–Crippen LogP) is 1.40. The van der Waals surface area contributed by atoms with Gasteiger partial charge in [-0.25, -0.2) is 0 Å². The minimum Gasteiger partial charge on any atom is -0.480 e. The van der Waals surface area contributed by atoms with E-state index in [1.165, 1.54) is 6.92 Å². The van der Waals surface area contributed by atoms with Crippen molar-refractivity contribution in [1.29, 1.82) is 0 Å². The molecule has 0 aromatic heterocycles. The van der Waals surface area contributed by atoms with Crippen molar-refractivity contribution in [1.82, 2.24) is 5.32 Å². The van der Waals surface area contributed by atoms with E-state index in [0.717, 1.165) is 19.3 Å². The van der Waals surface area contributed by atoms with E-state index in [2.05, 4.69) is 12.2 Å². The number of carbonyl (C=O) groups is 2. The van der Waals surface area contributed by atoms with E-state index in [9.17, 15) is 9.59 Å². The highest BCUT2D eigenvalue weighted by atomic mass is 16.4. The summed E-state index contributed by atoms with van der Waals surface area (Å²) in [4.78, 5) is 21.8. The van der Waals surface area contributed by atoms with Gasteiger partial charge >= 0.3 is 5.97 Å². The third-order valence-corrected chi connectivity index (χ3v) is 2.17. The van der Waals surface area contributed by atoms with Gasteiger partial charge in [0, 0.05) is 5.92 Å². The standard InChI is InChI=1S/C10H19NO3/c1-4-5-6-7(2)9(12)11-8(3)10(13)14/h7-8H,4-6H2,1-3H3,(H,11,12)(H,13,14)/t7?,8-/m0/s1. The van der Waals surface area contributed by atoms with Crippen molar-refractivity contribution in [3.05, 3.63) is 0 Å². The highest BCUT2D eigenvalue weighted by Gasteiger charge is 2.18. The first-order chi connectivity index (χ1) is 6.49. The van der Waals surface area contributed by atoms with E-state index >= 15 is 0 Å². The fraction of sp³-hybridized carbons (Fsp3) is 0.800. The van der Waals surface area contributed by atoms with Crippen LogP contribution in [0.3, 0.4) is 0 Å². The van der Waals surface area contributed by atoms with Crippen LogP contribution in [-0.2, 0) is 9.59 Å². The number of hydrogen-bond donors (Lipinski definition) is 2. The molecule has 0 aromatic carbocycles. The smallest absolute Gasteiger partial charge is 0.325 e. The van der Waals surface area contributed by atoms with Crippen molar-refractivity contribution in [3.8, 4) is 0 Å². The molecule has 0 bridgehead atoms. The molecule has 0 aromatic rings. The third-order valence-electron chi connectivity index (χ3n) is 2.17. The topological polar surface area (TPSA) is 66.4 Å². The Morgan fingerprint density at radius 1 is 1.36 bits per heavy atom. The fourth-order valence-electron chi connectivity index (χ4n) is 1.06. The Morgan fingerprint density at radius 3 is 2.36 bits per heavy atom. The van der Waals surface area contributed by atoms with E-state index in [0.29, 0.717) is 0 Å². The van der Waals surface area contributed by atoms with Crippen molar-refractivity contribution in [2.45, 2.75) is 46.1 Å². The first kappa shape index (κ1) is 12.9. The van der Waals surface area contributed by atoms with E-state index in [1.54, 1.807) is 0 Å². The zero-order valence-electron chi connectivity index (χ0n) is 9.04. The fourth-order valence-corrected chi connectivity index (χ4v) is 1.06. The van der Waals surface area contributed by atoms with Gasteiger partial charge in [0.1, 0.15) is 6.04 Å². The first-order valence-corrected chi connectivity index (χ1v) is 5.02. The summed E-state index contributed by atoms with van der Waals surface area (Å²) < 4.78 is 0. The minimum absolute atomic E-state index is 0.100. The maximum Gasteiger partial charge on any atom is 0.325 e. The SMILES string of the molecule is CCCCC(C)C(=O)N[C@@H](C)C(=O)O. The molecule has 0 radical (unpaired) electrons. The Hall–Kier alpha value is -1.06. The van der Waals surface area contributed by atoms with Crippen LogP contribution in [0.2, 0.25) is 0 Å². The molecule has 0 aliphatic heterocycles. The van der Waals surface area contributed by atoms with Crippen LogP contribution in [0.4, 0.5) is 0 Å². The molecular formula is C10H19NO3. The van der Waals surface area contributed by atoms with E-state index in [1.807, 2.05) is 6.92 Å². The highest BCUT2D eigenvalue weighted by Crippen LogP contribution is 2.07. The summed E-state index contributed by atoms with van der Waals surface area (Å²) in [5.74, 6) is -1.27. The lowest BCUT2D eigenvalue weighted by Gasteiger charge is -2.14. The van der Waals surface area contributed by atoms with Crippen molar-refractivity contribution in [2.24, 2.45) is 5.92 Å². The number of carboxylic acid groups (broad SMARTS) is 1. The largest absolute Gasteiger partial charge is 0.480 e. The van der Waals surface area contributed by atoms with Gasteiger partial charge in [-0.3, -0.25) is 9.59 Å². The molecule has 2 N–H and O–H groups in total. The lowest BCUT2D eigenvalue weighted by Crippen LogP contribution is -2.41. The molecule has 0 saturated carbocycles. The van der Waals surface area contributed by atoms with Crippen LogP contribution >= 0.6 is 0 Å². The average molecular weight is 201 g/mol. The van der Waals surface area contributed by atoms with Gasteiger partial charge < -0.3 is 10.4 Å². The van der Waals surface area contributed by atoms with Crippen LogP contribution in [0.5, 0.6) is 0 Å². The molecule has 0 fully saturated rings. The molecule has 0 heterocycles. The molecule has 4 nitrogen and oxygen atoms in total. The molecule has 0 rings (SSSR count). The lowest BCUT2D eigenvalue weighted by atomic mass is 10.0. The second-order valence-corrected chi connectivity index (χ2v) is 3.61. The normalized spacial score (nSPS) is 14.5. The number of carbonyl (C=O) groups excluding carboxylic acids is 1. The zero-order valence-corrected chi connectivity index (χ0v) is 9.04. The van der Waals surface area contributed by atoms with E-state index < -0.39 is 12.0 Å². The number of amides is 1. The summed E-state index contributed by atoms with van der Waals surface area (Å²) in [6.45, 7) is 5.34. The Bertz CT molecular complexity index is 204. The molecule has 14 heavy (non-hydrogen) atoms. The molecule has 0 aliphatic carbocycles. The van der Waals surface area contributed by atoms with E-state index in [4.69, 9.17) is 5.11 Å².